The second-order valence-corrected chi connectivity index (χ2v) is 22.3. The SMILES string of the molecule is I[I-]I.c1ccc(-c2cc(-c3ccccc3)[s+]s2)cc1. The van der Waals surface area contributed by atoms with Gasteiger partial charge in [0.15, 0.2) is 10.3 Å². The molecule has 0 N–H and O–H groups in total. The number of halogens is 3. The van der Waals surface area contributed by atoms with Crippen LogP contribution in [0.1, 0.15) is 0 Å². The molecular weight excluding hydrogens is 625 g/mol. The molecule has 104 valence electrons. The van der Waals surface area contributed by atoms with E-state index in [4.69, 9.17) is 0 Å². The van der Waals surface area contributed by atoms with Crippen LogP contribution >= 0.6 is 57.9 Å². The first kappa shape index (κ1) is 17.0. The van der Waals surface area contributed by atoms with Gasteiger partial charge in [0, 0.05) is 11.6 Å². The Balaban J connectivity index is 0.000000452. The van der Waals surface area contributed by atoms with Crippen molar-refractivity contribution in [1.82, 2.24) is 0 Å². The van der Waals surface area contributed by atoms with Gasteiger partial charge in [-0.1, -0.05) is 48.5 Å². The van der Waals surface area contributed by atoms with Gasteiger partial charge in [-0.3, -0.25) is 0 Å². The zero-order valence-corrected chi connectivity index (χ0v) is 18.4. The second-order valence-electron chi connectivity index (χ2n) is 3.83. The van der Waals surface area contributed by atoms with Crippen molar-refractivity contribution in [3.8, 4) is 20.9 Å². The van der Waals surface area contributed by atoms with Crippen molar-refractivity contribution in [2.45, 2.75) is 0 Å². The minimum atomic E-state index is 0.530. The maximum Gasteiger partial charge on any atom is 0.301 e. The van der Waals surface area contributed by atoms with Crippen LogP contribution < -0.4 is 13.3 Å². The van der Waals surface area contributed by atoms with Gasteiger partial charge in [-0.15, -0.1) is 0 Å². The zero-order valence-electron chi connectivity index (χ0n) is 10.3. The largest absolute Gasteiger partial charge is 0.301 e. The summed E-state index contributed by atoms with van der Waals surface area (Å²) in [5.41, 5.74) is 2.60. The van der Waals surface area contributed by atoms with Crippen molar-refractivity contribution in [1.29, 1.82) is 0 Å². The van der Waals surface area contributed by atoms with Crippen molar-refractivity contribution >= 4 is 57.9 Å². The maximum atomic E-state index is 2.39. The average Bonchev–Trinajstić information content (AvgIpc) is 3.00. The molecule has 2 aromatic carbocycles. The molecule has 0 amide bonds. The Hall–Kier alpha value is 0.680. The molecule has 0 unspecified atom stereocenters. The molecule has 5 heteroatoms. The van der Waals surface area contributed by atoms with E-state index in [0.29, 0.717) is 13.3 Å². The summed E-state index contributed by atoms with van der Waals surface area (Å²) in [6.07, 6.45) is 0. The van der Waals surface area contributed by atoms with E-state index in [1.54, 1.807) is 0 Å². The fourth-order valence-electron chi connectivity index (χ4n) is 1.72. The van der Waals surface area contributed by atoms with Gasteiger partial charge >= 0.3 is 60.8 Å². The summed E-state index contributed by atoms with van der Waals surface area (Å²) in [7, 11) is 3.68. The standard InChI is InChI=1S/C15H11S2.I3/c1-3-7-12(8-4-1)14-11-15(17-16-14)13-9-5-2-6-10-13;1-3-2/h1-11H;/q+1;-1. The Bertz CT molecular complexity index is 570. The van der Waals surface area contributed by atoms with Gasteiger partial charge in [-0.25, -0.2) is 0 Å². The molecule has 0 radical (unpaired) electrons. The number of rotatable bonds is 2. The van der Waals surface area contributed by atoms with Crippen LogP contribution in [-0.4, -0.2) is 0 Å². The van der Waals surface area contributed by atoms with E-state index in [0.717, 1.165) is 0 Å². The average molecular weight is 636 g/mol. The van der Waals surface area contributed by atoms with Gasteiger partial charge in [0.2, 0.25) is 0 Å². The molecule has 0 spiro atoms. The molecule has 0 aliphatic rings. The van der Waals surface area contributed by atoms with Gasteiger partial charge in [-0.05, 0) is 17.7 Å². The Morgan fingerprint density at radius 1 is 0.800 bits per heavy atom. The quantitative estimate of drug-likeness (QED) is 0.225. The minimum absolute atomic E-state index is 0.530. The van der Waals surface area contributed by atoms with Crippen LogP contribution in [0, 0.1) is 0 Å². The molecule has 0 atom stereocenters. The first-order valence-corrected chi connectivity index (χ1v) is 20.5. The third kappa shape index (κ3) is 5.15. The van der Waals surface area contributed by atoms with Crippen LogP contribution in [0.4, 0.5) is 0 Å². The van der Waals surface area contributed by atoms with Crippen LogP contribution in [0.3, 0.4) is 0 Å². The Kier molecular flexibility index (Phi) is 8.22. The van der Waals surface area contributed by atoms with Crippen LogP contribution in [-0.2, 0) is 0 Å². The van der Waals surface area contributed by atoms with Gasteiger partial charge < -0.3 is 0 Å². The molecule has 0 bridgehead atoms. The van der Waals surface area contributed by atoms with Crippen molar-refractivity contribution in [3.63, 3.8) is 0 Å². The van der Waals surface area contributed by atoms with E-state index < -0.39 is 0 Å². The maximum absolute atomic E-state index is 2.39. The summed E-state index contributed by atoms with van der Waals surface area (Å²) in [5.74, 6) is 0. The summed E-state index contributed by atoms with van der Waals surface area (Å²) in [5, 5.41) is 0. The number of hydrogen-bond donors (Lipinski definition) is 0. The molecule has 0 saturated carbocycles. The fourth-order valence-corrected chi connectivity index (χ4v) is 4.18. The predicted molar refractivity (Wildman–Crippen MR) is 106 cm³/mol. The number of benzene rings is 2. The molecular formula is C15H11I3S2. The summed E-state index contributed by atoms with van der Waals surface area (Å²) >= 11 is 5.30. The fraction of sp³-hybridized carbons (Fsp3) is 0. The minimum Gasteiger partial charge on any atom is -0.0622 e. The van der Waals surface area contributed by atoms with Crippen molar-refractivity contribution in [3.05, 3.63) is 66.7 Å². The molecule has 1 heterocycles. The zero-order chi connectivity index (χ0) is 14.2. The van der Waals surface area contributed by atoms with E-state index in [1.807, 2.05) is 20.7 Å². The monoisotopic (exact) mass is 636 g/mol. The van der Waals surface area contributed by atoms with Crippen LogP contribution in [0.5, 0.6) is 0 Å². The first-order chi connectivity index (χ1) is 9.85. The third-order valence-corrected chi connectivity index (χ3v) is 5.08. The summed E-state index contributed by atoms with van der Waals surface area (Å²) in [6.45, 7) is 0. The van der Waals surface area contributed by atoms with Gasteiger partial charge in [0.25, 0.3) is 4.88 Å². The summed E-state index contributed by atoms with van der Waals surface area (Å²) < 4.78 is 0. The van der Waals surface area contributed by atoms with E-state index >= 15 is 0 Å². The first-order valence-electron chi connectivity index (χ1n) is 5.76. The van der Waals surface area contributed by atoms with Crippen molar-refractivity contribution in [2.24, 2.45) is 0 Å². The van der Waals surface area contributed by atoms with Gasteiger partial charge in [-0.2, -0.15) is 0 Å². The topological polar surface area (TPSA) is 0 Å². The summed E-state index contributed by atoms with van der Waals surface area (Å²) in [4.78, 5) is 2.68. The van der Waals surface area contributed by atoms with Crippen LogP contribution in [0.15, 0.2) is 66.7 Å². The Morgan fingerprint density at radius 3 is 1.85 bits per heavy atom. The molecule has 3 aromatic rings. The Morgan fingerprint density at radius 2 is 1.30 bits per heavy atom. The smallest absolute Gasteiger partial charge is 0.0622 e. The van der Waals surface area contributed by atoms with Gasteiger partial charge in [0.05, 0.1) is 4.88 Å². The molecule has 0 fully saturated rings. The van der Waals surface area contributed by atoms with E-state index in [9.17, 15) is 0 Å². The second kappa shape index (κ2) is 9.65. The predicted octanol–water partition coefficient (Wildman–Crippen LogP) is 4.20. The number of hydrogen-bond acceptors (Lipinski definition) is 1. The van der Waals surface area contributed by atoms with E-state index in [-0.39, 0.29) is 0 Å². The molecule has 0 aliphatic heterocycles. The normalized spacial score (nSPS) is 9.90. The van der Waals surface area contributed by atoms with Crippen molar-refractivity contribution < 1.29 is 13.3 Å². The molecule has 0 aliphatic carbocycles. The molecule has 20 heavy (non-hydrogen) atoms. The van der Waals surface area contributed by atoms with Gasteiger partial charge in [0.1, 0.15) is 0 Å². The van der Waals surface area contributed by atoms with Crippen LogP contribution in [0.2, 0.25) is 0 Å². The van der Waals surface area contributed by atoms with Crippen LogP contribution in [0.25, 0.3) is 20.9 Å². The molecule has 3 rings (SSSR count). The molecule has 0 nitrogen and oxygen atoms in total. The molecule has 0 saturated heterocycles. The molecule has 1 aromatic heterocycles. The van der Waals surface area contributed by atoms with E-state index in [1.165, 1.54) is 20.9 Å². The third-order valence-electron chi connectivity index (χ3n) is 2.60. The summed E-state index contributed by atoms with van der Waals surface area (Å²) in [6, 6.07) is 23.4. The van der Waals surface area contributed by atoms with E-state index in [2.05, 4.69) is 104 Å². The van der Waals surface area contributed by atoms with Crippen molar-refractivity contribution in [2.75, 3.05) is 0 Å². The Labute approximate surface area is 156 Å².